The first kappa shape index (κ1) is 13.5. The molecule has 0 aromatic carbocycles. The van der Waals surface area contributed by atoms with Gasteiger partial charge in [0.05, 0.1) is 11.6 Å². The number of unbranched alkanes of at least 4 members (excludes halogenated alkanes) is 2. The van der Waals surface area contributed by atoms with E-state index in [0.29, 0.717) is 5.56 Å². The number of aromatic nitrogens is 1. The SMILES string of the molecule is Cc1cc(C#N)cc(N(C)CCCCCO)n1. The number of rotatable bonds is 6. The number of hydrogen-bond donors (Lipinski definition) is 1. The zero-order chi connectivity index (χ0) is 12.7. The van der Waals surface area contributed by atoms with Crippen LogP contribution in [0.15, 0.2) is 12.1 Å². The van der Waals surface area contributed by atoms with Gasteiger partial charge in [-0.25, -0.2) is 4.98 Å². The summed E-state index contributed by atoms with van der Waals surface area (Å²) in [4.78, 5) is 6.45. The Morgan fingerprint density at radius 3 is 2.76 bits per heavy atom. The highest BCUT2D eigenvalue weighted by molar-refractivity contribution is 5.45. The highest BCUT2D eigenvalue weighted by atomic mass is 16.2. The summed E-state index contributed by atoms with van der Waals surface area (Å²) in [5.74, 6) is 0.838. The number of hydrogen-bond acceptors (Lipinski definition) is 4. The average Bonchev–Trinajstić information content (AvgIpc) is 2.33. The molecule has 92 valence electrons. The van der Waals surface area contributed by atoms with Crippen LogP contribution in [0, 0.1) is 18.3 Å². The van der Waals surface area contributed by atoms with Gasteiger partial charge in [-0.3, -0.25) is 0 Å². The number of nitriles is 1. The summed E-state index contributed by atoms with van der Waals surface area (Å²) in [6.07, 6.45) is 2.88. The molecule has 0 aliphatic heterocycles. The molecule has 0 bridgehead atoms. The predicted molar refractivity (Wildman–Crippen MR) is 67.9 cm³/mol. The second-order valence-electron chi connectivity index (χ2n) is 4.17. The van der Waals surface area contributed by atoms with Crippen LogP contribution in [0.2, 0.25) is 0 Å². The summed E-state index contributed by atoms with van der Waals surface area (Å²) in [5, 5.41) is 17.6. The van der Waals surface area contributed by atoms with Gasteiger partial charge < -0.3 is 10.0 Å². The Kier molecular flexibility index (Phi) is 5.44. The van der Waals surface area contributed by atoms with Gasteiger partial charge in [-0.2, -0.15) is 5.26 Å². The van der Waals surface area contributed by atoms with Gasteiger partial charge in [0.1, 0.15) is 5.82 Å². The topological polar surface area (TPSA) is 60.2 Å². The van der Waals surface area contributed by atoms with Crippen LogP contribution in [-0.4, -0.2) is 30.3 Å². The Balaban J connectivity index is 2.59. The van der Waals surface area contributed by atoms with Gasteiger partial charge in [0.2, 0.25) is 0 Å². The van der Waals surface area contributed by atoms with E-state index in [-0.39, 0.29) is 6.61 Å². The monoisotopic (exact) mass is 233 g/mol. The van der Waals surface area contributed by atoms with Crippen LogP contribution in [0.4, 0.5) is 5.82 Å². The number of aliphatic hydroxyl groups excluding tert-OH is 1. The molecule has 0 unspecified atom stereocenters. The van der Waals surface area contributed by atoms with Crippen molar-refractivity contribution in [1.82, 2.24) is 4.98 Å². The maximum absolute atomic E-state index is 8.89. The quantitative estimate of drug-likeness (QED) is 0.762. The fourth-order valence-corrected chi connectivity index (χ4v) is 1.66. The molecule has 0 atom stereocenters. The first-order valence-corrected chi connectivity index (χ1v) is 5.88. The first-order valence-electron chi connectivity index (χ1n) is 5.88. The number of nitrogens with zero attached hydrogens (tertiary/aromatic N) is 3. The summed E-state index contributed by atoms with van der Waals surface area (Å²) < 4.78 is 0. The summed E-state index contributed by atoms with van der Waals surface area (Å²) in [6, 6.07) is 5.73. The molecular weight excluding hydrogens is 214 g/mol. The highest BCUT2D eigenvalue weighted by Crippen LogP contribution is 2.13. The van der Waals surface area contributed by atoms with Crippen molar-refractivity contribution in [1.29, 1.82) is 5.26 Å². The van der Waals surface area contributed by atoms with Crippen LogP contribution in [0.5, 0.6) is 0 Å². The third-order valence-electron chi connectivity index (χ3n) is 2.61. The summed E-state index contributed by atoms with van der Waals surface area (Å²) in [6.45, 7) is 3.04. The largest absolute Gasteiger partial charge is 0.396 e. The molecule has 4 nitrogen and oxygen atoms in total. The van der Waals surface area contributed by atoms with Crippen molar-refractivity contribution >= 4 is 5.82 Å². The highest BCUT2D eigenvalue weighted by Gasteiger charge is 2.04. The molecule has 1 heterocycles. The lowest BCUT2D eigenvalue weighted by Gasteiger charge is -2.18. The molecule has 0 spiro atoms. The van der Waals surface area contributed by atoms with Crippen molar-refractivity contribution in [3.05, 3.63) is 23.4 Å². The normalized spacial score (nSPS) is 10.0. The molecule has 0 saturated heterocycles. The smallest absolute Gasteiger partial charge is 0.129 e. The Labute approximate surface area is 103 Å². The van der Waals surface area contributed by atoms with E-state index in [0.717, 1.165) is 37.3 Å². The number of anilines is 1. The van der Waals surface area contributed by atoms with E-state index in [9.17, 15) is 0 Å². The predicted octanol–water partition coefficient (Wildman–Crippen LogP) is 1.86. The maximum Gasteiger partial charge on any atom is 0.129 e. The van der Waals surface area contributed by atoms with E-state index in [1.165, 1.54) is 0 Å². The molecule has 4 heteroatoms. The Morgan fingerprint density at radius 2 is 2.12 bits per heavy atom. The van der Waals surface area contributed by atoms with Crippen molar-refractivity contribution in [2.75, 3.05) is 25.1 Å². The molecule has 1 N–H and O–H groups in total. The van der Waals surface area contributed by atoms with Gasteiger partial charge >= 0.3 is 0 Å². The molecule has 17 heavy (non-hydrogen) atoms. The molecular formula is C13H19N3O. The van der Waals surface area contributed by atoms with Gasteiger partial charge in [0, 0.05) is 25.9 Å². The third-order valence-corrected chi connectivity index (χ3v) is 2.61. The Hall–Kier alpha value is -1.60. The van der Waals surface area contributed by atoms with E-state index in [2.05, 4.69) is 11.1 Å². The summed E-state index contributed by atoms with van der Waals surface area (Å²) in [7, 11) is 1.97. The number of aryl methyl sites for hydroxylation is 1. The lowest BCUT2D eigenvalue weighted by atomic mass is 10.2. The number of aliphatic hydroxyl groups is 1. The van der Waals surface area contributed by atoms with Crippen molar-refractivity contribution in [2.24, 2.45) is 0 Å². The molecule has 0 amide bonds. The van der Waals surface area contributed by atoms with Crippen LogP contribution < -0.4 is 4.90 Å². The fourth-order valence-electron chi connectivity index (χ4n) is 1.66. The van der Waals surface area contributed by atoms with Gasteiger partial charge in [-0.1, -0.05) is 0 Å². The molecule has 0 aliphatic carbocycles. The number of pyridine rings is 1. The third kappa shape index (κ3) is 4.41. The summed E-state index contributed by atoms with van der Waals surface area (Å²) >= 11 is 0. The molecule has 1 aromatic heterocycles. The minimum absolute atomic E-state index is 0.255. The zero-order valence-electron chi connectivity index (χ0n) is 10.5. The van der Waals surface area contributed by atoms with Crippen LogP contribution in [0.3, 0.4) is 0 Å². The van der Waals surface area contributed by atoms with E-state index in [4.69, 9.17) is 10.4 Å². The van der Waals surface area contributed by atoms with Crippen molar-refractivity contribution in [3.63, 3.8) is 0 Å². The fraction of sp³-hybridized carbons (Fsp3) is 0.538. The standard InChI is InChI=1S/C13H19N3O/c1-11-8-12(10-14)9-13(15-11)16(2)6-4-3-5-7-17/h8-9,17H,3-7H2,1-2H3. The van der Waals surface area contributed by atoms with E-state index in [1.54, 1.807) is 12.1 Å². The average molecular weight is 233 g/mol. The van der Waals surface area contributed by atoms with Crippen molar-refractivity contribution < 1.29 is 5.11 Å². The van der Waals surface area contributed by atoms with Gasteiger partial charge in [0.25, 0.3) is 0 Å². The van der Waals surface area contributed by atoms with E-state index < -0.39 is 0 Å². The minimum Gasteiger partial charge on any atom is -0.396 e. The Bertz CT molecular complexity index is 398. The van der Waals surface area contributed by atoms with Crippen LogP contribution in [0.25, 0.3) is 0 Å². The molecule has 0 radical (unpaired) electrons. The second kappa shape index (κ2) is 6.87. The van der Waals surface area contributed by atoms with Gasteiger partial charge in [-0.15, -0.1) is 0 Å². The lowest BCUT2D eigenvalue weighted by Crippen LogP contribution is -2.20. The Morgan fingerprint density at radius 1 is 1.35 bits per heavy atom. The van der Waals surface area contributed by atoms with Crippen LogP contribution in [0.1, 0.15) is 30.5 Å². The molecule has 0 saturated carbocycles. The molecule has 0 fully saturated rings. The van der Waals surface area contributed by atoms with E-state index >= 15 is 0 Å². The molecule has 0 aliphatic rings. The summed E-state index contributed by atoms with van der Waals surface area (Å²) in [5.41, 5.74) is 1.51. The van der Waals surface area contributed by atoms with Gasteiger partial charge in [-0.05, 0) is 38.3 Å². The van der Waals surface area contributed by atoms with Crippen LogP contribution >= 0.6 is 0 Å². The van der Waals surface area contributed by atoms with E-state index in [1.807, 2.05) is 18.9 Å². The van der Waals surface area contributed by atoms with Crippen LogP contribution in [-0.2, 0) is 0 Å². The van der Waals surface area contributed by atoms with Crippen molar-refractivity contribution in [2.45, 2.75) is 26.2 Å². The van der Waals surface area contributed by atoms with Crippen molar-refractivity contribution in [3.8, 4) is 6.07 Å². The van der Waals surface area contributed by atoms with Gasteiger partial charge in [0.15, 0.2) is 0 Å². The second-order valence-corrected chi connectivity index (χ2v) is 4.17. The first-order chi connectivity index (χ1) is 8.17. The minimum atomic E-state index is 0.255. The maximum atomic E-state index is 8.89. The molecule has 1 aromatic rings. The zero-order valence-corrected chi connectivity index (χ0v) is 10.5. The lowest BCUT2D eigenvalue weighted by molar-refractivity contribution is 0.283. The molecule has 1 rings (SSSR count).